The Bertz CT molecular complexity index is 652. The number of anilines is 1. The third-order valence-electron chi connectivity index (χ3n) is 2.91. The second-order valence-corrected chi connectivity index (χ2v) is 4.35. The molecule has 0 amide bonds. The van der Waals surface area contributed by atoms with Gasteiger partial charge in [-0.15, -0.1) is 0 Å². The first kappa shape index (κ1) is 14.7. The van der Waals surface area contributed by atoms with Crippen molar-refractivity contribution in [3.8, 4) is 11.5 Å². The van der Waals surface area contributed by atoms with Crippen molar-refractivity contribution in [2.24, 2.45) is 7.05 Å². The molecule has 0 saturated carbocycles. The lowest BCUT2D eigenvalue weighted by molar-refractivity contribution is 0.0467. The monoisotopic (exact) mass is 291 g/mol. The van der Waals surface area contributed by atoms with Crippen LogP contribution in [0, 0.1) is 0 Å². The number of hydrogen-bond donors (Lipinski definition) is 1. The van der Waals surface area contributed by atoms with Gasteiger partial charge in [-0.3, -0.25) is 4.68 Å². The Labute approximate surface area is 122 Å². The van der Waals surface area contributed by atoms with Crippen molar-refractivity contribution in [1.29, 1.82) is 0 Å². The summed E-state index contributed by atoms with van der Waals surface area (Å²) in [6, 6.07) is 4.88. The molecule has 0 aliphatic heterocycles. The molecule has 21 heavy (non-hydrogen) atoms. The van der Waals surface area contributed by atoms with Crippen LogP contribution in [0.5, 0.6) is 11.5 Å². The molecule has 0 bridgehead atoms. The fraction of sp³-hybridized carbons (Fsp3) is 0.286. The van der Waals surface area contributed by atoms with E-state index >= 15 is 0 Å². The molecule has 112 valence electrons. The highest BCUT2D eigenvalue weighted by Crippen LogP contribution is 2.31. The topological polar surface area (TPSA) is 88.6 Å². The van der Waals surface area contributed by atoms with Gasteiger partial charge in [0.2, 0.25) is 0 Å². The molecule has 0 radical (unpaired) electrons. The van der Waals surface area contributed by atoms with Crippen LogP contribution in [0.2, 0.25) is 0 Å². The van der Waals surface area contributed by atoms with Crippen molar-refractivity contribution in [3.63, 3.8) is 0 Å². The maximum atomic E-state index is 12.1. The molecule has 1 aromatic carbocycles. The molecule has 0 aliphatic carbocycles. The third kappa shape index (κ3) is 3.25. The predicted octanol–water partition coefficient (Wildman–Crippen LogP) is 1.38. The number of aromatic nitrogens is 2. The molecule has 0 unspecified atom stereocenters. The van der Waals surface area contributed by atoms with Crippen molar-refractivity contribution in [2.75, 3.05) is 20.0 Å². The van der Waals surface area contributed by atoms with Gasteiger partial charge in [-0.1, -0.05) is 0 Å². The van der Waals surface area contributed by atoms with Gasteiger partial charge in [-0.2, -0.15) is 5.10 Å². The number of nitrogen functional groups attached to an aromatic ring is 1. The van der Waals surface area contributed by atoms with Gasteiger partial charge >= 0.3 is 5.97 Å². The smallest absolute Gasteiger partial charge is 0.340 e. The second-order valence-electron chi connectivity index (χ2n) is 4.35. The van der Waals surface area contributed by atoms with E-state index in [1.54, 1.807) is 30.1 Å². The SMILES string of the molecule is COc1cc(OC)c(N)c(C(=O)OCc2ccn(C)n2)c1. The molecule has 0 fully saturated rings. The fourth-order valence-electron chi connectivity index (χ4n) is 1.81. The Morgan fingerprint density at radius 1 is 1.33 bits per heavy atom. The summed E-state index contributed by atoms with van der Waals surface area (Å²) in [5.41, 5.74) is 6.95. The molecule has 2 rings (SSSR count). The minimum Gasteiger partial charge on any atom is -0.497 e. The quantitative estimate of drug-likeness (QED) is 0.661. The van der Waals surface area contributed by atoms with Crippen LogP contribution >= 0.6 is 0 Å². The zero-order valence-corrected chi connectivity index (χ0v) is 12.1. The maximum Gasteiger partial charge on any atom is 0.340 e. The lowest BCUT2D eigenvalue weighted by Crippen LogP contribution is -2.10. The first-order chi connectivity index (χ1) is 10.0. The normalized spacial score (nSPS) is 10.2. The predicted molar refractivity (Wildman–Crippen MR) is 76.3 cm³/mol. The van der Waals surface area contributed by atoms with Gasteiger partial charge in [0.25, 0.3) is 0 Å². The van der Waals surface area contributed by atoms with E-state index in [1.807, 2.05) is 0 Å². The van der Waals surface area contributed by atoms with Crippen LogP contribution in [-0.4, -0.2) is 30.0 Å². The van der Waals surface area contributed by atoms with Crippen molar-refractivity contribution in [3.05, 3.63) is 35.7 Å². The molecule has 0 atom stereocenters. The summed E-state index contributed by atoms with van der Waals surface area (Å²) in [6.07, 6.45) is 1.77. The average Bonchev–Trinajstić information content (AvgIpc) is 2.90. The molecule has 1 aromatic heterocycles. The van der Waals surface area contributed by atoms with Gasteiger partial charge in [-0.05, 0) is 12.1 Å². The van der Waals surface area contributed by atoms with Gasteiger partial charge in [0.05, 0.1) is 31.2 Å². The number of nitrogens with zero attached hydrogens (tertiary/aromatic N) is 2. The molecule has 7 heteroatoms. The minimum atomic E-state index is -0.560. The van der Waals surface area contributed by atoms with E-state index in [0.717, 1.165) is 0 Å². The highest BCUT2D eigenvalue weighted by atomic mass is 16.5. The molecule has 0 spiro atoms. The van der Waals surface area contributed by atoms with E-state index < -0.39 is 5.97 Å². The van der Waals surface area contributed by atoms with Crippen LogP contribution in [0.25, 0.3) is 0 Å². The summed E-state index contributed by atoms with van der Waals surface area (Å²) < 4.78 is 17.1. The summed E-state index contributed by atoms with van der Waals surface area (Å²) in [4.78, 5) is 12.1. The van der Waals surface area contributed by atoms with Crippen LogP contribution < -0.4 is 15.2 Å². The van der Waals surface area contributed by atoms with E-state index in [-0.39, 0.29) is 17.9 Å². The van der Waals surface area contributed by atoms with Crippen molar-refractivity contribution in [1.82, 2.24) is 9.78 Å². The van der Waals surface area contributed by atoms with Crippen molar-refractivity contribution >= 4 is 11.7 Å². The second kappa shape index (κ2) is 6.17. The van der Waals surface area contributed by atoms with Crippen LogP contribution in [0.4, 0.5) is 5.69 Å². The molecule has 2 aromatic rings. The first-order valence-corrected chi connectivity index (χ1v) is 6.22. The number of carbonyl (C=O) groups is 1. The Hall–Kier alpha value is -2.70. The summed E-state index contributed by atoms with van der Waals surface area (Å²) in [5.74, 6) is 0.264. The van der Waals surface area contributed by atoms with Crippen LogP contribution in [0.1, 0.15) is 16.1 Å². The summed E-state index contributed by atoms with van der Waals surface area (Å²) in [5, 5.41) is 4.13. The number of ether oxygens (including phenoxy) is 3. The molecule has 7 nitrogen and oxygen atoms in total. The Balaban J connectivity index is 2.18. The summed E-state index contributed by atoms with van der Waals surface area (Å²) in [6.45, 7) is 0.0681. The lowest BCUT2D eigenvalue weighted by Gasteiger charge is -2.12. The Morgan fingerprint density at radius 3 is 2.67 bits per heavy atom. The van der Waals surface area contributed by atoms with Crippen LogP contribution in [0.3, 0.4) is 0 Å². The van der Waals surface area contributed by atoms with Gasteiger partial charge in [0.1, 0.15) is 18.1 Å². The van der Waals surface area contributed by atoms with Gasteiger partial charge in [0.15, 0.2) is 0 Å². The first-order valence-electron chi connectivity index (χ1n) is 6.22. The van der Waals surface area contributed by atoms with Crippen LogP contribution in [-0.2, 0) is 18.4 Å². The highest BCUT2D eigenvalue weighted by molar-refractivity contribution is 5.97. The standard InChI is InChI=1S/C14H17N3O4/c1-17-5-4-9(16-17)8-21-14(18)11-6-10(19-2)7-12(20-3)13(11)15/h4-7H,8,15H2,1-3H3. The summed E-state index contributed by atoms with van der Waals surface area (Å²) in [7, 11) is 4.75. The maximum absolute atomic E-state index is 12.1. The fourth-order valence-corrected chi connectivity index (χ4v) is 1.81. The number of methoxy groups -OCH3 is 2. The van der Waals surface area contributed by atoms with Crippen LogP contribution in [0.15, 0.2) is 24.4 Å². The number of benzene rings is 1. The van der Waals surface area contributed by atoms with Crippen molar-refractivity contribution in [2.45, 2.75) is 6.61 Å². The van der Waals surface area contributed by atoms with Crippen molar-refractivity contribution < 1.29 is 19.0 Å². The molecule has 1 heterocycles. The van der Waals surface area contributed by atoms with Gasteiger partial charge in [-0.25, -0.2) is 4.79 Å². The number of esters is 1. The highest BCUT2D eigenvalue weighted by Gasteiger charge is 2.17. The Kier molecular flexibility index (Phi) is 4.32. The lowest BCUT2D eigenvalue weighted by atomic mass is 10.1. The van der Waals surface area contributed by atoms with Gasteiger partial charge in [0, 0.05) is 19.3 Å². The molecule has 0 aliphatic rings. The number of nitrogens with two attached hydrogens (primary N) is 1. The van der Waals surface area contributed by atoms with E-state index in [1.165, 1.54) is 20.3 Å². The Morgan fingerprint density at radius 2 is 2.10 bits per heavy atom. The van der Waals surface area contributed by atoms with E-state index in [4.69, 9.17) is 19.9 Å². The molecular weight excluding hydrogens is 274 g/mol. The molecule has 2 N–H and O–H groups in total. The summed E-state index contributed by atoms with van der Waals surface area (Å²) >= 11 is 0. The number of rotatable bonds is 5. The largest absolute Gasteiger partial charge is 0.497 e. The van der Waals surface area contributed by atoms with E-state index in [9.17, 15) is 4.79 Å². The molecule has 0 saturated heterocycles. The average molecular weight is 291 g/mol. The zero-order valence-electron chi connectivity index (χ0n) is 12.1. The molecular formula is C14H17N3O4. The minimum absolute atomic E-state index is 0.0681. The number of aryl methyl sites for hydroxylation is 1. The van der Waals surface area contributed by atoms with Gasteiger partial charge < -0.3 is 19.9 Å². The van der Waals surface area contributed by atoms with E-state index in [0.29, 0.717) is 17.2 Å². The third-order valence-corrected chi connectivity index (χ3v) is 2.91. The number of hydrogen-bond acceptors (Lipinski definition) is 6. The zero-order chi connectivity index (χ0) is 15.4. The van der Waals surface area contributed by atoms with E-state index in [2.05, 4.69) is 5.10 Å². The number of carbonyl (C=O) groups excluding carboxylic acids is 1.